The number of rotatable bonds is 3. The number of nitrogens with zero attached hydrogens (tertiary/aromatic N) is 1. The average molecular weight is 354 g/mol. The predicted molar refractivity (Wildman–Crippen MR) is 79.6 cm³/mol. The number of carbonyl (C=O) groups is 1. The van der Waals surface area contributed by atoms with Crippen molar-refractivity contribution in [2.45, 2.75) is 0 Å². The molecule has 2 rings (SSSR count). The van der Waals surface area contributed by atoms with Crippen molar-refractivity contribution in [1.82, 2.24) is 0 Å². The zero-order valence-electron chi connectivity index (χ0n) is 10.5. The molecule has 0 aliphatic carbocycles. The number of nitro benzene ring substituents is 1. The summed E-state index contributed by atoms with van der Waals surface area (Å²) in [6.07, 6.45) is 0. The summed E-state index contributed by atoms with van der Waals surface area (Å²) in [7, 11) is 0. The number of nitrogens with one attached hydrogen (secondary N) is 1. The first-order valence-corrected chi connectivity index (χ1v) is 6.47. The molecule has 0 aliphatic heterocycles. The van der Waals surface area contributed by atoms with E-state index in [9.17, 15) is 19.3 Å². The standard InChI is InChI=1S/C13H9BrFN3O3/c14-12-2-1-8(16)5-11(12)13(19)17-9-3-7(15)4-10(6-9)18(20)21/h1-6H,16H2,(H,17,19). The predicted octanol–water partition coefficient (Wildman–Crippen LogP) is 3.33. The highest BCUT2D eigenvalue weighted by atomic mass is 79.9. The smallest absolute Gasteiger partial charge is 0.274 e. The molecule has 0 saturated heterocycles. The van der Waals surface area contributed by atoms with Gasteiger partial charge in [-0.05, 0) is 40.2 Å². The van der Waals surface area contributed by atoms with Gasteiger partial charge in [0.1, 0.15) is 5.82 Å². The number of amides is 1. The summed E-state index contributed by atoms with van der Waals surface area (Å²) in [5, 5.41) is 13.1. The maximum Gasteiger partial charge on any atom is 0.274 e. The van der Waals surface area contributed by atoms with Crippen LogP contribution in [0.3, 0.4) is 0 Å². The maximum absolute atomic E-state index is 13.3. The summed E-state index contributed by atoms with van der Waals surface area (Å²) in [4.78, 5) is 22.0. The number of carbonyl (C=O) groups excluding carboxylic acids is 1. The molecular formula is C13H9BrFN3O3. The second kappa shape index (κ2) is 5.88. The number of non-ortho nitro benzene ring substituents is 1. The van der Waals surface area contributed by atoms with E-state index in [1.54, 1.807) is 12.1 Å². The minimum absolute atomic E-state index is 0.0129. The second-order valence-corrected chi connectivity index (χ2v) is 5.00. The third-order valence-electron chi connectivity index (χ3n) is 2.59. The van der Waals surface area contributed by atoms with Gasteiger partial charge in [-0.1, -0.05) is 0 Å². The molecule has 0 aromatic heterocycles. The zero-order chi connectivity index (χ0) is 15.6. The minimum Gasteiger partial charge on any atom is -0.399 e. The molecule has 0 saturated carbocycles. The minimum atomic E-state index is -0.814. The zero-order valence-corrected chi connectivity index (χ0v) is 12.1. The summed E-state index contributed by atoms with van der Waals surface area (Å²) in [6, 6.07) is 7.47. The average Bonchev–Trinajstić information content (AvgIpc) is 2.40. The van der Waals surface area contributed by atoms with Crippen LogP contribution < -0.4 is 11.1 Å². The second-order valence-electron chi connectivity index (χ2n) is 4.15. The van der Waals surface area contributed by atoms with Crippen molar-refractivity contribution in [3.05, 3.63) is 62.4 Å². The van der Waals surface area contributed by atoms with Crippen molar-refractivity contribution < 1.29 is 14.1 Å². The first-order valence-electron chi connectivity index (χ1n) is 5.68. The van der Waals surface area contributed by atoms with Crippen molar-refractivity contribution in [2.24, 2.45) is 0 Å². The number of nitro groups is 1. The number of halogens is 2. The molecule has 0 bridgehead atoms. The van der Waals surface area contributed by atoms with E-state index in [1.165, 1.54) is 6.07 Å². The Balaban J connectivity index is 2.31. The van der Waals surface area contributed by atoms with Crippen LogP contribution in [0.5, 0.6) is 0 Å². The fourth-order valence-electron chi connectivity index (χ4n) is 1.67. The molecule has 0 spiro atoms. The van der Waals surface area contributed by atoms with E-state index < -0.39 is 22.3 Å². The molecule has 0 atom stereocenters. The van der Waals surface area contributed by atoms with Crippen LogP contribution in [0.15, 0.2) is 40.9 Å². The number of hydrogen-bond acceptors (Lipinski definition) is 4. The van der Waals surface area contributed by atoms with Gasteiger partial charge in [0.15, 0.2) is 0 Å². The molecule has 0 fully saturated rings. The van der Waals surface area contributed by atoms with Gasteiger partial charge in [0.05, 0.1) is 22.2 Å². The Hall–Kier alpha value is -2.48. The quantitative estimate of drug-likeness (QED) is 0.502. The molecule has 3 N–H and O–H groups in total. The summed E-state index contributed by atoms with van der Waals surface area (Å²) >= 11 is 3.20. The van der Waals surface area contributed by atoms with Crippen molar-refractivity contribution in [3.8, 4) is 0 Å². The van der Waals surface area contributed by atoms with E-state index in [0.29, 0.717) is 10.2 Å². The van der Waals surface area contributed by atoms with Gasteiger partial charge < -0.3 is 11.1 Å². The third kappa shape index (κ3) is 3.54. The molecule has 0 radical (unpaired) electrons. The largest absolute Gasteiger partial charge is 0.399 e. The summed E-state index contributed by atoms with van der Waals surface area (Å²) in [5.41, 5.74) is 5.76. The molecular weight excluding hydrogens is 345 g/mol. The molecule has 2 aromatic carbocycles. The van der Waals surface area contributed by atoms with Gasteiger partial charge in [-0.25, -0.2) is 4.39 Å². The molecule has 21 heavy (non-hydrogen) atoms. The Labute approximate surface area is 127 Å². The lowest BCUT2D eigenvalue weighted by Crippen LogP contribution is -2.13. The van der Waals surface area contributed by atoms with E-state index >= 15 is 0 Å². The lowest BCUT2D eigenvalue weighted by molar-refractivity contribution is -0.385. The van der Waals surface area contributed by atoms with Crippen molar-refractivity contribution in [3.63, 3.8) is 0 Å². The highest BCUT2D eigenvalue weighted by Gasteiger charge is 2.14. The van der Waals surface area contributed by atoms with E-state index in [0.717, 1.165) is 18.2 Å². The molecule has 1 amide bonds. The van der Waals surface area contributed by atoms with Gasteiger partial charge in [0.2, 0.25) is 0 Å². The van der Waals surface area contributed by atoms with Crippen LogP contribution in [0.2, 0.25) is 0 Å². The monoisotopic (exact) mass is 353 g/mol. The van der Waals surface area contributed by atoms with Gasteiger partial charge in [-0.15, -0.1) is 0 Å². The van der Waals surface area contributed by atoms with Gasteiger partial charge in [-0.3, -0.25) is 14.9 Å². The molecule has 0 unspecified atom stereocenters. The van der Waals surface area contributed by atoms with E-state index in [4.69, 9.17) is 5.73 Å². The summed E-state index contributed by atoms with van der Waals surface area (Å²) in [5.74, 6) is -1.37. The van der Waals surface area contributed by atoms with E-state index in [-0.39, 0.29) is 11.3 Å². The Morgan fingerprint density at radius 1 is 1.29 bits per heavy atom. The van der Waals surface area contributed by atoms with Crippen LogP contribution in [0.4, 0.5) is 21.5 Å². The summed E-state index contributed by atoms with van der Waals surface area (Å²) in [6.45, 7) is 0. The van der Waals surface area contributed by atoms with Crippen molar-refractivity contribution in [1.29, 1.82) is 0 Å². The first-order chi connectivity index (χ1) is 9.86. The van der Waals surface area contributed by atoms with E-state index in [2.05, 4.69) is 21.2 Å². The van der Waals surface area contributed by atoms with Crippen molar-refractivity contribution in [2.75, 3.05) is 11.1 Å². The Kier molecular flexibility index (Phi) is 4.18. The molecule has 6 nitrogen and oxygen atoms in total. The van der Waals surface area contributed by atoms with Crippen LogP contribution >= 0.6 is 15.9 Å². The molecule has 108 valence electrons. The van der Waals surface area contributed by atoms with Gasteiger partial charge in [-0.2, -0.15) is 0 Å². The normalized spacial score (nSPS) is 10.2. The molecule has 8 heteroatoms. The van der Waals surface area contributed by atoms with Crippen LogP contribution in [-0.4, -0.2) is 10.8 Å². The number of nitrogens with two attached hydrogens (primary N) is 1. The van der Waals surface area contributed by atoms with Crippen LogP contribution in [0.1, 0.15) is 10.4 Å². The third-order valence-corrected chi connectivity index (χ3v) is 3.28. The maximum atomic E-state index is 13.3. The van der Waals surface area contributed by atoms with Crippen LogP contribution in [0, 0.1) is 15.9 Å². The number of hydrogen-bond donors (Lipinski definition) is 2. The van der Waals surface area contributed by atoms with Crippen LogP contribution in [-0.2, 0) is 0 Å². The van der Waals surface area contributed by atoms with Gasteiger partial charge in [0.25, 0.3) is 11.6 Å². The SMILES string of the molecule is Nc1ccc(Br)c(C(=O)Nc2cc(F)cc([N+](=O)[O-])c2)c1. The van der Waals surface area contributed by atoms with Gasteiger partial charge in [0, 0.05) is 16.2 Å². The number of benzene rings is 2. The molecule has 2 aromatic rings. The topological polar surface area (TPSA) is 98.3 Å². The lowest BCUT2D eigenvalue weighted by atomic mass is 10.2. The van der Waals surface area contributed by atoms with Crippen LogP contribution in [0.25, 0.3) is 0 Å². The summed E-state index contributed by atoms with van der Waals surface area (Å²) < 4.78 is 13.8. The Morgan fingerprint density at radius 3 is 2.67 bits per heavy atom. The highest BCUT2D eigenvalue weighted by molar-refractivity contribution is 9.10. The van der Waals surface area contributed by atoms with E-state index in [1.807, 2.05) is 0 Å². The molecule has 0 aliphatic rings. The Morgan fingerprint density at radius 2 is 2.00 bits per heavy atom. The number of anilines is 2. The van der Waals surface area contributed by atoms with Gasteiger partial charge >= 0.3 is 0 Å². The highest BCUT2D eigenvalue weighted by Crippen LogP contribution is 2.23. The fourth-order valence-corrected chi connectivity index (χ4v) is 2.09. The number of nitrogen functional groups attached to an aromatic ring is 1. The first kappa shape index (κ1) is 14.9. The Bertz CT molecular complexity index is 737. The fraction of sp³-hybridized carbons (Fsp3) is 0. The molecule has 0 heterocycles. The van der Waals surface area contributed by atoms with Crippen molar-refractivity contribution >= 4 is 38.9 Å². The lowest BCUT2D eigenvalue weighted by Gasteiger charge is -2.08.